The summed E-state index contributed by atoms with van der Waals surface area (Å²) in [6.45, 7) is 5.84. The van der Waals surface area contributed by atoms with Crippen LogP contribution in [-0.4, -0.2) is 55.1 Å². The van der Waals surface area contributed by atoms with Gasteiger partial charge >= 0.3 is 0 Å². The van der Waals surface area contributed by atoms with Crippen LogP contribution in [0.5, 0.6) is 0 Å². The van der Waals surface area contributed by atoms with Crippen LogP contribution in [0.3, 0.4) is 0 Å². The van der Waals surface area contributed by atoms with Gasteiger partial charge in [0.15, 0.2) is 0 Å². The molecule has 0 saturated carbocycles. The molecule has 0 unspecified atom stereocenters. The zero-order chi connectivity index (χ0) is 11.4. The highest BCUT2D eigenvalue weighted by atomic mass is 15.2. The average molecular weight is 225 g/mol. The van der Waals surface area contributed by atoms with Gasteiger partial charge in [0.1, 0.15) is 0 Å². The van der Waals surface area contributed by atoms with Gasteiger partial charge < -0.3 is 10.6 Å². The number of nitrogens with zero attached hydrogens (tertiary/aromatic N) is 2. The Morgan fingerprint density at radius 1 is 0.938 bits per heavy atom. The van der Waals surface area contributed by atoms with E-state index >= 15 is 0 Å². The van der Waals surface area contributed by atoms with Crippen LogP contribution >= 0.6 is 0 Å². The molecule has 0 aromatic heterocycles. The molecule has 3 nitrogen and oxygen atoms in total. The van der Waals surface area contributed by atoms with Crippen molar-refractivity contribution in [3.05, 3.63) is 0 Å². The Kier molecular flexibility index (Phi) is 4.22. The van der Waals surface area contributed by atoms with E-state index in [-0.39, 0.29) is 0 Å². The molecule has 0 aromatic rings. The van der Waals surface area contributed by atoms with E-state index in [2.05, 4.69) is 16.8 Å². The zero-order valence-corrected chi connectivity index (χ0v) is 10.7. The minimum atomic E-state index is 0.330. The smallest absolute Gasteiger partial charge is 0.0356 e. The Morgan fingerprint density at radius 2 is 1.50 bits per heavy atom. The SMILES string of the molecule is CN1CCC(CN)(N2CCCCCC2)CC1. The molecular formula is C13H27N3. The first kappa shape index (κ1) is 12.3. The third-order valence-electron chi connectivity index (χ3n) is 4.57. The third-order valence-corrected chi connectivity index (χ3v) is 4.57. The lowest BCUT2D eigenvalue weighted by atomic mass is 9.85. The minimum absolute atomic E-state index is 0.330. The van der Waals surface area contributed by atoms with Gasteiger partial charge in [0.05, 0.1) is 0 Å². The van der Waals surface area contributed by atoms with Gasteiger partial charge in [-0.15, -0.1) is 0 Å². The molecule has 2 fully saturated rings. The van der Waals surface area contributed by atoms with Gasteiger partial charge in [-0.3, -0.25) is 4.90 Å². The summed E-state index contributed by atoms with van der Waals surface area (Å²) in [4.78, 5) is 5.15. The van der Waals surface area contributed by atoms with Crippen LogP contribution in [0.25, 0.3) is 0 Å². The maximum atomic E-state index is 6.11. The van der Waals surface area contributed by atoms with E-state index in [1.54, 1.807) is 0 Å². The molecule has 0 bridgehead atoms. The predicted molar refractivity (Wildman–Crippen MR) is 68.6 cm³/mol. The molecule has 2 heterocycles. The third kappa shape index (κ3) is 2.58. The van der Waals surface area contributed by atoms with Crippen LogP contribution in [0, 0.1) is 0 Å². The summed E-state index contributed by atoms with van der Waals surface area (Å²) in [5.41, 5.74) is 6.44. The second kappa shape index (κ2) is 5.48. The van der Waals surface area contributed by atoms with Crippen LogP contribution in [-0.2, 0) is 0 Å². The van der Waals surface area contributed by atoms with E-state index < -0.39 is 0 Å². The first-order valence-electron chi connectivity index (χ1n) is 6.90. The monoisotopic (exact) mass is 225 g/mol. The summed E-state index contributed by atoms with van der Waals surface area (Å²) in [5.74, 6) is 0. The van der Waals surface area contributed by atoms with Crippen LogP contribution < -0.4 is 5.73 Å². The van der Waals surface area contributed by atoms with Gasteiger partial charge in [0.25, 0.3) is 0 Å². The summed E-state index contributed by atoms with van der Waals surface area (Å²) in [6.07, 6.45) is 8.10. The van der Waals surface area contributed by atoms with E-state index in [0.29, 0.717) is 5.54 Å². The van der Waals surface area contributed by atoms with Crippen molar-refractivity contribution in [2.75, 3.05) is 39.8 Å². The molecular weight excluding hydrogens is 198 g/mol. The second-order valence-electron chi connectivity index (χ2n) is 5.63. The lowest BCUT2D eigenvalue weighted by molar-refractivity contribution is 0.0363. The van der Waals surface area contributed by atoms with Crippen molar-refractivity contribution in [2.24, 2.45) is 5.73 Å². The van der Waals surface area contributed by atoms with E-state index in [1.807, 2.05) is 0 Å². The molecule has 0 atom stereocenters. The number of nitrogens with two attached hydrogens (primary N) is 1. The van der Waals surface area contributed by atoms with Crippen molar-refractivity contribution in [1.29, 1.82) is 0 Å². The number of likely N-dealkylation sites (tertiary alicyclic amines) is 2. The van der Waals surface area contributed by atoms with Crippen molar-refractivity contribution < 1.29 is 0 Å². The van der Waals surface area contributed by atoms with Crippen LogP contribution in [0.15, 0.2) is 0 Å². The molecule has 2 saturated heterocycles. The maximum absolute atomic E-state index is 6.11. The highest BCUT2D eigenvalue weighted by Gasteiger charge is 2.37. The van der Waals surface area contributed by atoms with Crippen LogP contribution in [0.4, 0.5) is 0 Å². The molecule has 2 rings (SSSR count). The van der Waals surface area contributed by atoms with Gasteiger partial charge in [-0.1, -0.05) is 12.8 Å². The van der Waals surface area contributed by atoms with Gasteiger partial charge in [0, 0.05) is 12.1 Å². The Bertz CT molecular complexity index is 201. The lowest BCUT2D eigenvalue weighted by Crippen LogP contribution is -2.59. The highest BCUT2D eigenvalue weighted by Crippen LogP contribution is 2.29. The fourth-order valence-electron chi connectivity index (χ4n) is 3.23. The molecule has 2 N–H and O–H groups in total. The molecule has 0 spiro atoms. The predicted octanol–water partition coefficient (Wildman–Crippen LogP) is 1.29. The molecule has 94 valence electrons. The van der Waals surface area contributed by atoms with Crippen LogP contribution in [0.2, 0.25) is 0 Å². The number of hydrogen-bond acceptors (Lipinski definition) is 3. The minimum Gasteiger partial charge on any atom is -0.329 e. The lowest BCUT2D eigenvalue weighted by Gasteiger charge is -2.47. The first-order valence-corrected chi connectivity index (χ1v) is 6.90. The summed E-state index contributed by atoms with van der Waals surface area (Å²) in [7, 11) is 2.23. The Hall–Kier alpha value is -0.120. The van der Waals surface area contributed by atoms with Gasteiger partial charge in [0.2, 0.25) is 0 Å². The Balaban J connectivity index is 2.01. The topological polar surface area (TPSA) is 32.5 Å². The van der Waals surface area contributed by atoms with Crippen LogP contribution in [0.1, 0.15) is 38.5 Å². The van der Waals surface area contributed by atoms with Gasteiger partial charge in [-0.25, -0.2) is 0 Å². The molecule has 2 aliphatic heterocycles. The largest absolute Gasteiger partial charge is 0.329 e. The van der Waals surface area contributed by atoms with E-state index in [1.165, 1.54) is 64.7 Å². The molecule has 0 amide bonds. The second-order valence-corrected chi connectivity index (χ2v) is 5.63. The number of rotatable bonds is 2. The molecule has 0 radical (unpaired) electrons. The van der Waals surface area contributed by atoms with Crippen molar-refractivity contribution in [3.63, 3.8) is 0 Å². The van der Waals surface area contributed by atoms with Crippen molar-refractivity contribution in [1.82, 2.24) is 9.80 Å². The quantitative estimate of drug-likeness (QED) is 0.768. The van der Waals surface area contributed by atoms with Gasteiger partial charge in [-0.2, -0.15) is 0 Å². The molecule has 3 heteroatoms. The molecule has 0 aromatic carbocycles. The standard InChI is InChI=1S/C13H27N3/c1-15-10-6-13(12-14,7-11-15)16-8-4-2-3-5-9-16/h2-12,14H2,1H3. The van der Waals surface area contributed by atoms with Crippen molar-refractivity contribution in [3.8, 4) is 0 Å². The first-order chi connectivity index (χ1) is 7.77. The number of hydrogen-bond donors (Lipinski definition) is 1. The highest BCUT2D eigenvalue weighted by molar-refractivity contribution is 4.96. The summed E-state index contributed by atoms with van der Waals surface area (Å²) < 4.78 is 0. The van der Waals surface area contributed by atoms with E-state index in [9.17, 15) is 0 Å². The normalized spacial score (nSPS) is 28.9. The molecule has 2 aliphatic rings. The Morgan fingerprint density at radius 3 is 2.00 bits per heavy atom. The molecule has 16 heavy (non-hydrogen) atoms. The van der Waals surface area contributed by atoms with Crippen molar-refractivity contribution >= 4 is 0 Å². The molecule has 0 aliphatic carbocycles. The van der Waals surface area contributed by atoms with Crippen molar-refractivity contribution in [2.45, 2.75) is 44.1 Å². The van der Waals surface area contributed by atoms with E-state index in [0.717, 1.165) is 6.54 Å². The van der Waals surface area contributed by atoms with Gasteiger partial charge in [-0.05, 0) is 58.9 Å². The fourth-order valence-corrected chi connectivity index (χ4v) is 3.23. The number of piperidine rings is 1. The average Bonchev–Trinajstić information content (AvgIpc) is 2.60. The van der Waals surface area contributed by atoms with E-state index in [4.69, 9.17) is 5.73 Å². The summed E-state index contributed by atoms with van der Waals surface area (Å²) in [5, 5.41) is 0. The summed E-state index contributed by atoms with van der Waals surface area (Å²) in [6, 6.07) is 0. The zero-order valence-electron chi connectivity index (χ0n) is 10.7. The summed E-state index contributed by atoms with van der Waals surface area (Å²) >= 11 is 0. The maximum Gasteiger partial charge on any atom is 0.0356 e. The fraction of sp³-hybridized carbons (Fsp3) is 1.00. The Labute approximate surface area is 100.0 Å².